The number of rotatable bonds is 5. The van der Waals surface area contributed by atoms with Crippen molar-refractivity contribution in [2.75, 3.05) is 5.32 Å². The van der Waals surface area contributed by atoms with Crippen LogP contribution in [0, 0.1) is 17.2 Å². The number of imidazole rings is 1. The van der Waals surface area contributed by atoms with Crippen LogP contribution in [0.15, 0.2) is 12.3 Å². The van der Waals surface area contributed by atoms with Gasteiger partial charge in [0.15, 0.2) is 0 Å². The van der Waals surface area contributed by atoms with Crippen LogP contribution in [0.5, 0.6) is 0 Å². The highest BCUT2D eigenvalue weighted by atomic mass is 16.3. The third-order valence-electron chi connectivity index (χ3n) is 4.88. The second kappa shape index (κ2) is 7.36. The van der Waals surface area contributed by atoms with Gasteiger partial charge in [0.05, 0.1) is 41.3 Å². The first-order valence-corrected chi connectivity index (χ1v) is 8.86. The van der Waals surface area contributed by atoms with E-state index in [0.717, 1.165) is 31.2 Å². The highest BCUT2D eigenvalue weighted by Gasteiger charge is 2.27. The molecule has 1 saturated carbocycles. The summed E-state index contributed by atoms with van der Waals surface area (Å²) in [7, 11) is 16.8. The zero-order valence-corrected chi connectivity index (χ0v) is 14.9. The monoisotopic (exact) mass is 343 g/mol. The van der Waals surface area contributed by atoms with Gasteiger partial charge in [-0.2, -0.15) is 5.26 Å². The first-order chi connectivity index (χ1) is 12.3. The summed E-state index contributed by atoms with van der Waals surface area (Å²) in [5.41, 5.74) is 1.55. The molecule has 0 spiro atoms. The summed E-state index contributed by atoms with van der Waals surface area (Å²) in [5, 5.41) is 20.3. The minimum Gasteiger partial charge on any atom is -0.390 e. The first-order valence-electron chi connectivity index (χ1n) is 8.86. The van der Waals surface area contributed by atoms with Gasteiger partial charge < -0.3 is 15.0 Å². The van der Waals surface area contributed by atoms with Crippen LogP contribution < -0.4 is 5.32 Å². The van der Waals surface area contributed by atoms with Crippen LogP contribution in [0.4, 0.5) is 5.82 Å². The number of aromatic nitrogens is 3. The van der Waals surface area contributed by atoms with Crippen molar-refractivity contribution in [1.29, 1.82) is 5.26 Å². The molecule has 6 nitrogen and oxygen atoms in total. The van der Waals surface area contributed by atoms with Gasteiger partial charge in [-0.3, -0.25) is 0 Å². The Morgan fingerprint density at radius 3 is 2.65 bits per heavy atom. The maximum atomic E-state index is 10.2. The average molecular weight is 343 g/mol. The lowest BCUT2D eigenvalue weighted by Gasteiger charge is -2.30. The summed E-state index contributed by atoms with van der Waals surface area (Å²) in [4.78, 5) is 8.80. The van der Waals surface area contributed by atoms with Crippen molar-refractivity contribution >= 4 is 40.4 Å². The molecule has 2 aromatic heterocycles. The van der Waals surface area contributed by atoms with Gasteiger partial charge in [-0.1, -0.05) is 5.24 Å². The fraction of sp³-hybridized carbons (Fsp3) is 0.588. The van der Waals surface area contributed by atoms with Crippen molar-refractivity contribution in [2.24, 2.45) is 5.92 Å². The molecule has 0 bridgehead atoms. The van der Waals surface area contributed by atoms with Crippen molar-refractivity contribution in [3.63, 3.8) is 0 Å². The molecule has 6 radical (unpaired) electrons. The highest BCUT2D eigenvalue weighted by molar-refractivity contribution is 6.60. The largest absolute Gasteiger partial charge is 0.390 e. The van der Waals surface area contributed by atoms with Crippen molar-refractivity contribution in [1.82, 2.24) is 14.5 Å². The number of aliphatic hydroxyl groups excluding tert-OH is 1. The molecule has 1 fully saturated rings. The standard InChI is InChI=1S/C17H20B3N5O/c1-10(26)16-23-13-9-22-15(24-17(18,19)20)8-14(13)25(16)12-4-2-11(3-5-12)6-7-21/h8-12,26H,2-6H2,1H3,(H,22,24)/t10-,11?,12?/m1/s1. The Morgan fingerprint density at radius 1 is 1.38 bits per heavy atom. The van der Waals surface area contributed by atoms with Crippen molar-refractivity contribution < 1.29 is 5.11 Å². The molecule has 0 aliphatic heterocycles. The molecule has 128 valence electrons. The summed E-state index contributed by atoms with van der Waals surface area (Å²) in [6, 6.07) is 4.28. The molecule has 0 saturated heterocycles. The predicted octanol–water partition coefficient (Wildman–Crippen LogP) is 1.66. The van der Waals surface area contributed by atoms with Crippen molar-refractivity contribution in [3.8, 4) is 6.07 Å². The van der Waals surface area contributed by atoms with Crippen molar-refractivity contribution in [2.45, 2.75) is 56.4 Å². The summed E-state index contributed by atoms with van der Waals surface area (Å²) in [5.74, 6) is 1.51. The van der Waals surface area contributed by atoms with Crippen LogP contribution >= 0.6 is 0 Å². The van der Waals surface area contributed by atoms with E-state index in [4.69, 9.17) is 28.8 Å². The Morgan fingerprint density at radius 2 is 2.08 bits per heavy atom. The van der Waals surface area contributed by atoms with Gasteiger partial charge in [0.25, 0.3) is 0 Å². The number of hydrogen-bond donors (Lipinski definition) is 2. The van der Waals surface area contributed by atoms with E-state index in [-0.39, 0.29) is 6.04 Å². The maximum absolute atomic E-state index is 10.2. The van der Waals surface area contributed by atoms with Gasteiger partial charge in [0.1, 0.15) is 23.3 Å². The van der Waals surface area contributed by atoms with Crippen LogP contribution in [-0.2, 0) is 0 Å². The van der Waals surface area contributed by atoms with Crippen LogP contribution in [0.1, 0.15) is 57.0 Å². The molecule has 3 rings (SSSR count). The van der Waals surface area contributed by atoms with Gasteiger partial charge in [-0.25, -0.2) is 9.97 Å². The minimum atomic E-state index is -1.58. The molecule has 26 heavy (non-hydrogen) atoms. The van der Waals surface area contributed by atoms with Crippen molar-refractivity contribution in [3.05, 3.63) is 18.1 Å². The molecular formula is C17H20B3N5O. The van der Waals surface area contributed by atoms with E-state index in [1.807, 2.05) is 0 Å². The van der Waals surface area contributed by atoms with Gasteiger partial charge >= 0.3 is 0 Å². The number of nitrogens with zero attached hydrogens (tertiary/aromatic N) is 4. The quantitative estimate of drug-likeness (QED) is 0.807. The van der Waals surface area contributed by atoms with Gasteiger partial charge in [0, 0.05) is 18.5 Å². The molecule has 1 atom stereocenters. The van der Waals surface area contributed by atoms with Crippen LogP contribution in [-0.4, -0.2) is 48.4 Å². The van der Waals surface area contributed by atoms with E-state index in [1.54, 1.807) is 19.2 Å². The number of nitrogens with one attached hydrogen (secondary N) is 1. The van der Waals surface area contributed by atoms with Crippen LogP contribution in [0.25, 0.3) is 11.0 Å². The minimum absolute atomic E-state index is 0.216. The number of fused-ring (bicyclic) bond motifs is 1. The molecule has 2 aromatic rings. The Labute approximate surface area is 157 Å². The first kappa shape index (κ1) is 18.8. The van der Waals surface area contributed by atoms with Gasteiger partial charge in [-0.15, -0.1) is 0 Å². The Kier molecular flexibility index (Phi) is 5.33. The normalized spacial score (nSPS) is 22.0. The van der Waals surface area contributed by atoms with E-state index in [0.29, 0.717) is 29.5 Å². The predicted molar refractivity (Wildman–Crippen MR) is 103 cm³/mol. The fourth-order valence-corrected chi connectivity index (χ4v) is 3.72. The molecular weight excluding hydrogens is 323 g/mol. The summed E-state index contributed by atoms with van der Waals surface area (Å²) < 4.78 is 2.08. The molecule has 1 aliphatic rings. The lowest BCUT2D eigenvalue weighted by Crippen LogP contribution is -2.40. The number of nitriles is 1. The molecule has 0 amide bonds. The summed E-state index contributed by atoms with van der Waals surface area (Å²) in [6.45, 7) is 1.70. The number of pyridine rings is 1. The van der Waals surface area contributed by atoms with Gasteiger partial charge in [0.2, 0.25) is 0 Å². The number of hydrogen-bond acceptors (Lipinski definition) is 5. The fourth-order valence-electron chi connectivity index (χ4n) is 3.72. The smallest absolute Gasteiger partial charge is 0.138 e. The average Bonchev–Trinajstić information content (AvgIpc) is 2.93. The maximum Gasteiger partial charge on any atom is 0.138 e. The van der Waals surface area contributed by atoms with E-state index in [1.165, 1.54) is 0 Å². The van der Waals surface area contributed by atoms with E-state index in [9.17, 15) is 5.11 Å². The molecule has 2 N–H and O–H groups in total. The Hall–Kier alpha value is -1.94. The second-order valence-electron chi connectivity index (χ2n) is 7.17. The third kappa shape index (κ3) is 4.07. The zero-order valence-electron chi connectivity index (χ0n) is 14.9. The summed E-state index contributed by atoms with van der Waals surface area (Å²) >= 11 is 0. The zero-order chi connectivity index (χ0) is 18.9. The second-order valence-corrected chi connectivity index (χ2v) is 7.17. The Bertz CT molecular complexity index is 816. The van der Waals surface area contributed by atoms with Crippen LogP contribution in [0.3, 0.4) is 0 Å². The van der Waals surface area contributed by atoms with E-state index >= 15 is 0 Å². The summed E-state index contributed by atoms with van der Waals surface area (Å²) in [6.07, 6.45) is 5.38. The molecule has 1 aliphatic carbocycles. The molecule has 9 heteroatoms. The lowest BCUT2D eigenvalue weighted by molar-refractivity contribution is 0.175. The van der Waals surface area contributed by atoms with Gasteiger partial charge in [-0.05, 0) is 38.5 Å². The van der Waals surface area contributed by atoms with E-state index < -0.39 is 11.3 Å². The molecule has 0 aromatic carbocycles. The van der Waals surface area contributed by atoms with E-state index in [2.05, 4.69) is 25.9 Å². The molecule has 0 unspecified atom stereocenters. The van der Waals surface area contributed by atoms with Crippen LogP contribution in [0.2, 0.25) is 0 Å². The number of anilines is 1. The Balaban J connectivity index is 1.97. The lowest BCUT2D eigenvalue weighted by atomic mass is 9.49. The number of aliphatic hydroxyl groups is 1. The SMILES string of the molecule is [B]C([B])([B])Nc1cc2c(cn1)nc([C@@H](C)O)n2C1CCC(CC#N)CC1. The topological polar surface area (TPSA) is 86.8 Å². The highest BCUT2D eigenvalue weighted by Crippen LogP contribution is 2.37. The molecule has 2 heterocycles. The third-order valence-corrected chi connectivity index (χ3v) is 4.88.